The van der Waals surface area contributed by atoms with Gasteiger partial charge in [0.15, 0.2) is 0 Å². The number of carbonyl (C=O) groups is 1. The maximum absolute atomic E-state index is 10.1. The van der Waals surface area contributed by atoms with E-state index in [4.69, 9.17) is 0 Å². The van der Waals surface area contributed by atoms with Crippen molar-refractivity contribution in [2.24, 2.45) is 5.92 Å². The first-order valence-corrected chi connectivity index (χ1v) is 5.28. The van der Waals surface area contributed by atoms with E-state index in [1.165, 1.54) is 32.1 Å². The molecule has 0 aliphatic carbocycles. The molecule has 76 valence electrons. The Hall–Kier alpha value is 0.436. The average molecular weight is 197 g/mol. The predicted octanol–water partition coefficient (Wildman–Crippen LogP) is 3.42. The molecule has 0 aromatic carbocycles. The Kier molecular flexibility index (Phi) is 15.2. The molecule has 0 heterocycles. The van der Waals surface area contributed by atoms with Crippen molar-refractivity contribution in [3.8, 4) is 0 Å². The summed E-state index contributed by atoms with van der Waals surface area (Å²) in [5.74, 6) is 0.875. The van der Waals surface area contributed by atoms with Crippen molar-refractivity contribution < 1.29 is 7.65 Å². The van der Waals surface area contributed by atoms with E-state index in [1.807, 2.05) is 0 Å². The van der Waals surface area contributed by atoms with Crippen molar-refractivity contribution in [3.05, 3.63) is 0 Å². The molecular formula is C11H24MgO. The van der Waals surface area contributed by atoms with Crippen LogP contribution >= 0.6 is 0 Å². The molecule has 0 unspecified atom stereocenters. The molecule has 0 N–H and O–H groups in total. The van der Waals surface area contributed by atoms with E-state index in [-0.39, 0.29) is 25.9 Å². The number of hydrogen-bond acceptors (Lipinski definition) is 1. The minimum absolute atomic E-state index is 0. The molecule has 13 heavy (non-hydrogen) atoms. The van der Waals surface area contributed by atoms with Crippen molar-refractivity contribution in [2.75, 3.05) is 0 Å². The summed E-state index contributed by atoms with van der Waals surface area (Å²) in [6.45, 7) is 4.48. The van der Waals surface area contributed by atoms with Gasteiger partial charge in [0.05, 0.1) is 0 Å². The van der Waals surface area contributed by atoms with Gasteiger partial charge in [0.25, 0.3) is 0 Å². The van der Waals surface area contributed by atoms with E-state index in [0.717, 1.165) is 25.0 Å². The standard InChI is InChI=1S/C11H22O.Mg.2H/c1-3-7-11(8-4-2)9-5-6-10-12;;;/h10-11H,3-9H2,1-2H3;;;/q;+2;2*-1. The molecule has 1 nitrogen and oxygen atoms in total. The largest absolute Gasteiger partial charge is 2.00 e. The molecule has 0 fully saturated rings. The van der Waals surface area contributed by atoms with Crippen molar-refractivity contribution >= 4 is 29.3 Å². The third kappa shape index (κ3) is 10.4. The SMILES string of the molecule is CCCC(CCC)CCCC=O.[H-].[H-].[Mg+2]. The Morgan fingerprint density at radius 3 is 2.08 bits per heavy atom. The summed E-state index contributed by atoms with van der Waals surface area (Å²) in [4.78, 5) is 10.1. The molecule has 0 aromatic rings. The van der Waals surface area contributed by atoms with Crippen LogP contribution < -0.4 is 0 Å². The van der Waals surface area contributed by atoms with E-state index in [0.29, 0.717) is 0 Å². The number of carbonyl (C=O) groups excluding carboxylic acids is 1. The number of unbranched alkanes of at least 4 members (excludes halogenated alkanes) is 1. The van der Waals surface area contributed by atoms with Crippen molar-refractivity contribution in [3.63, 3.8) is 0 Å². The van der Waals surface area contributed by atoms with Gasteiger partial charge in [-0.25, -0.2) is 0 Å². The van der Waals surface area contributed by atoms with Crippen LogP contribution in [0.5, 0.6) is 0 Å². The molecule has 0 radical (unpaired) electrons. The second-order valence-electron chi connectivity index (χ2n) is 3.54. The van der Waals surface area contributed by atoms with Gasteiger partial charge in [0.2, 0.25) is 0 Å². The molecule has 0 spiro atoms. The Bertz CT molecular complexity index is 107. The topological polar surface area (TPSA) is 17.1 Å². The summed E-state index contributed by atoms with van der Waals surface area (Å²) in [6.07, 6.45) is 9.38. The van der Waals surface area contributed by atoms with E-state index in [9.17, 15) is 4.79 Å². The fraction of sp³-hybridized carbons (Fsp3) is 0.909. The van der Waals surface area contributed by atoms with Gasteiger partial charge < -0.3 is 7.65 Å². The van der Waals surface area contributed by atoms with E-state index >= 15 is 0 Å². The Balaban J connectivity index is -0.000000202. The second-order valence-corrected chi connectivity index (χ2v) is 3.54. The zero-order valence-electron chi connectivity index (χ0n) is 11.2. The van der Waals surface area contributed by atoms with Crippen LogP contribution in [0.25, 0.3) is 0 Å². The number of rotatable bonds is 8. The molecule has 0 saturated carbocycles. The van der Waals surface area contributed by atoms with Gasteiger partial charge in [-0.3, -0.25) is 0 Å². The molecule has 0 atom stereocenters. The minimum atomic E-state index is 0. The molecule has 0 bridgehead atoms. The monoisotopic (exact) mass is 196 g/mol. The van der Waals surface area contributed by atoms with Gasteiger partial charge in [0, 0.05) is 6.42 Å². The average Bonchev–Trinajstić information content (AvgIpc) is 2.06. The summed E-state index contributed by atoms with van der Waals surface area (Å²) in [5.41, 5.74) is 0. The van der Waals surface area contributed by atoms with Crippen LogP contribution in [0.4, 0.5) is 0 Å². The predicted molar refractivity (Wildman–Crippen MR) is 61.2 cm³/mol. The zero-order valence-corrected chi connectivity index (χ0v) is 10.6. The summed E-state index contributed by atoms with van der Waals surface area (Å²) < 4.78 is 0. The summed E-state index contributed by atoms with van der Waals surface area (Å²) in [7, 11) is 0. The maximum atomic E-state index is 10.1. The number of hydrogen-bond donors (Lipinski definition) is 0. The van der Waals surface area contributed by atoms with Crippen LogP contribution in [0.15, 0.2) is 0 Å². The summed E-state index contributed by atoms with van der Waals surface area (Å²) in [5, 5.41) is 0. The second kappa shape index (κ2) is 12.4. The third-order valence-electron chi connectivity index (χ3n) is 2.33. The van der Waals surface area contributed by atoms with E-state index in [1.54, 1.807) is 0 Å². The Morgan fingerprint density at radius 2 is 1.69 bits per heavy atom. The van der Waals surface area contributed by atoms with Crippen molar-refractivity contribution in [1.82, 2.24) is 0 Å². The molecule has 0 rings (SSSR count). The molecule has 0 amide bonds. The first-order chi connectivity index (χ1) is 5.85. The molecule has 2 heteroatoms. The molecule has 0 aliphatic rings. The maximum Gasteiger partial charge on any atom is 2.00 e. The summed E-state index contributed by atoms with van der Waals surface area (Å²) >= 11 is 0. The molecule has 0 aromatic heterocycles. The van der Waals surface area contributed by atoms with Gasteiger partial charge in [-0.1, -0.05) is 46.0 Å². The normalized spacial score (nSPS) is 9.77. The van der Waals surface area contributed by atoms with Crippen LogP contribution in [0.2, 0.25) is 0 Å². The summed E-state index contributed by atoms with van der Waals surface area (Å²) in [6, 6.07) is 0. The Labute approximate surface area is 102 Å². The molecule has 0 aliphatic heterocycles. The van der Waals surface area contributed by atoms with Gasteiger partial charge in [0.1, 0.15) is 6.29 Å². The van der Waals surface area contributed by atoms with Gasteiger partial charge in [-0.05, 0) is 12.3 Å². The smallest absolute Gasteiger partial charge is 1.00 e. The Morgan fingerprint density at radius 1 is 1.15 bits per heavy atom. The van der Waals surface area contributed by atoms with E-state index < -0.39 is 0 Å². The van der Waals surface area contributed by atoms with Crippen LogP contribution in [0.3, 0.4) is 0 Å². The minimum Gasteiger partial charge on any atom is -1.00 e. The fourth-order valence-corrected chi connectivity index (χ4v) is 1.74. The van der Waals surface area contributed by atoms with Crippen LogP contribution in [-0.2, 0) is 4.79 Å². The quantitative estimate of drug-likeness (QED) is 0.330. The molecule has 0 saturated heterocycles. The first-order valence-electron chi connectivity index (χ1n) is 5.28. The van der Waals surface area contributed by atoms with Gasteiger partial charge in [-0.2, -0.15) is 0 Å². The molecular weight excluding hydrogens is 172 g/mol. The van der Waals surface area contributed by atoms with Crippen LogP contribution in [-0.4, -0.2) is 29.3 Å². The van der Waals surface area contributed by atoms with Gasteiger partial charge >= 0.3 is 23.1 Å². The zero-order chi connectivity index (χ0) is 9.23. The first kappa shape index (κ1) is 15.9. The third-order valence-corrected chi connectivity index (χ3v) is 2.33. The van der Waals surface area contributed by atoms with Gasteiger partial charge in [-0.15, -0.1) is 0 Å². The van der Waals surface area contributed by atoms with Crippen molar-refractivity contribution in [1.29, 1.82) is 0 Å². The van der Waals surface area contributed by atoms with E-state index in [2.05, 4.69) is 13.8 Å². The van der Waals surface area contributed by atoms with Crippen molar-refractivity contribution in [2.45, 2.75) is 58.8 Å². The van der Waals surface area contributed by atoms with Crippen LogP contribution in [0, 0.1) is 5.92 Å². The van der Waals surface area contributed by atoms with Crippen LogP contribution in [0.1, 0.15) is 61.6 Å². The number of aldehydes is 1. The fourth-order valence-electron chi connectivity index (χ4n) is 1.74.